The van der Waals surface area contributed by atoms with Gasteiger partial charge in [-0.1, -0.05) is 0 Å². The van der Waals surface area contributed by atoms with Crippen molar-refractivity contribution in [3.63, 3.8) is 0 Å². The molecule has 0 unspecified atom stereocenters. The number of carbonyl (C=O) groups excluding carboxylic acids is 2. The van der Waals surface area contributed by atoms with E-state index in [1.54, 1.807) is 28.2 Å². The minimum Gasteiger partial charge on any atom is -0.481 e. The minimum atomic E-state index is -0.959. The van der Waals surface area contributed by atoms with Gasteiger partial charge in [0.05, 0.1) is 12.8 Å². The summed E-state index contributed by atoms with van der Waals surface area (Å²) >= 11 is 0. The van der Waals surface area contributed by atoms with E-state index in [1.807, 2.05) is 0 Å². The molecule has 0 fully saturated rings. The highest BCUT2D eigenvalue weighted by Gasteiger charge is 2.05. The van der Waals surface area contributed by atoms with E-state index in [0.717, 1.165) is 0 Å². The van der Waals surface area contributed by atoms with Crippen molar-refractivity contribution in [3.8, 4) is 0 Å². The molecule has 22 heavy (non-hydrogen) atoms. The molecule has 0 aliphatic rings. The van der Waals surface area contributed by atoms with Crippen molar-refractivity contribution >= 4 is 23.8 Å². The average Bonchev–Trinajstić information content (AvgIpc) is 2.33. The molecule has 0 bridgehead atoms. The largest absolute Gasteiger partial charge is 0.481 e. The third kappa shape index (κ3) is 20.1. The van der Waals surface area contributed by atoms with E-state index in [9.17, 15) is 19.2 Å². The molecule has 10 heteroatoms. The lowest BCUT2D eigenvalue weighted by Crippen LogP contribution is -2.36. The Morgan fingerprint density at radius 2 is 0.955 bits per heavy atom. The lowest BCUT2D eigenvalue weighted by molar-refractivity contribution is -0.139. The monoisotopic (exact) mass is 320 g/mol. The second kappa shape index (κ2) is 12.5. The van der Waals surface area contributed by atoms with Gasteiger partial charge in [0.15, 0.2) is 0 Å². The van der Waals surface area contributed by atoms with Crippen LogP contribution in [0.1, 0.15) is 25.7 Å². The summed E-state index contributed by atoms with van der Waals surface area (Å²) in [6, 6.07) is 0. The molecule has 0 aromatic carbocycles. The van der Waals surface area contributed by atoms with Gasteiger partial charge in [-0.05, 0) is 0 Å². The van der Waals surface area contributed by atoms with Crippen LogP contribution in [0.5, 0.6) is 0 Å². The van der Waals surface area contributed by atoms with Crippen molar-refractivity contribution < 1.29 is 29.4 Å². The Hall–Kier alpha value is -2.20. The average molecular weight is 320 g/mol. The molecule has 0 rings (SSSR count). The van der Waals surface area contributed by atoms with E-state index in [2.05, 4.69) is 10.9 Å². The summed E-state index contributed by atoms with van der Waals surface area (Å²) in [6.07, 6.45) is -0.208. The van der Waals surface area contributed by atoms with Crippen LogP contribution in [0, 0.1) is 0 Å². The number of carbonyl (C=O) groups is 4. The third-order valence-electron chi connectivity index (χ3n) is 1.83. The molecular formula is C12H24N4O6. The second-order valence-electron chi connectivity index (χ2n) is 4.65. The molecule has 128 valence electrons. The predicted octanol–water partition coefficient (Wildman–Crippen LogP) is -1.11. The molecule has 0 atom stereocenters. The Labute approximate surface area is 129 Å². The summed E-state index contributed by atoms with van der Waals surface area (Å²) in [7, 11) is 6.66. The number of carboxylic acids is 2. The van der Waals surface area contributed by atoms with E-state index in [4.69, 9.17) is 10.2 Å². The number of hydrazine groups is 2. The Bertz CT molecular complexity index is 348. The van der Waals surface area contributed by atoms with E-state index in [-0.39, 0.29) is 37.5 Å². The van der Waals surface area contributed by atoms with E-state index >= 15 is 0 Å². The number of nitrogens with one attached hydrogen (secondary N) is 2. The first-order valence-electron chi connectivity index (χ1n) is 6.41. The number of hydrogen-bond donors (Lipinski definition) is 4. The van der Waals surface area contributed by atoms with E-state index < -0.39 is 11.9 Å². The molecule has 0 saturated carbocycles. The Balaban J connectivity index is 0. The summed E-state index contributed by atoms with van der Waals surface area (Å²) in [6.45, 7) is 0. The van der Waals surface area contributed by atoms with Crippen molar-refractivity contribution in [3.05, 3.63) is 0 Å². The van der Waals surface area contributed by atoms with E-state index in [1.165, 1.54) is 10.0 Å². The minimum absolute atomic E-state index is 0.0213. The Morgan fingerprint density at radius 1 is 0.682 bits per heavy atom. The summed E-state index contributed by atoms with van der Waals surface area (Å²) in [4.78, 5) is 41.5. The number of rotatable bonds is 8. The Morgan fingerprint density at radius 3 is 1.14 bits per heavy atom. The zero-order valence-corrected chi connectivity index (χ0v) is 13.3. The van der Waals surface area contributed by atoms with Gasteiger partial charge >= 0.3 is 11.9 Å². The quantitative estimate of drug-likeness (QED) is 0.413. The molecule has 0 aromatic heterocycles. The van der Waals surface area contributed by atoms with Gasteiger partial charge in [0.2, 0.25) is 11.8 Å². The molecule has 10 nitrogen and oxygen atoms in total. The maximum atomic E-state index is 10.7. The van der Waals surface area contributed by atoms with Gasteiger partial charge in [-0.2, -0.15) is 0 Å². The van der Waals surface area contributed by atoms with Crippen LogP contribution in [0.25, 0.3) is 0 Å². The SMILES string of the molecule is CN(C)NC(=O)CCC(=O)O.CN(C)NC(=O)CCC(=O)O. The van der Waals surface area contributed by atoms with Gasteiger partial charge in [-0.25, -0.2) is 10.0 Å². The van der Waals surface area contributed by atoms with Crippen LogP contribution in [0.15, 0.2) is 0 Å². The van der Waals surface area contributed by atoms with Crippen LogP contribution in [-0.2, 0) is 19.2 Å². The van der Waals surface area contributed by atoms with Crippen LogP contribution in [0.4, 0.5) is 0 Å². The van der Waals surface area contributed by atoms with Crippen LogP contribution in [-0.4, -0.2) is 72.2 Å². The highest BCUT2D eigenvalue weighted by Crippen LogP contribution is 1.88. The molecule has 0 aliphatic heterocycles. The fourth-order valence-corrected chi connectivity index (χ4v) is 1.05. The van der Waals surface area contributed by atoms with E-state index in [0.29, 0.717) is 0 Å². The van der Waals surface area contributed by atoms with Gasteiger partial charge in [-0.15, -0.1) is 0 Å². The fourth-order valence-electron chi connectivity index (χ4n) is 1.05. The van der Waals surface area contributed by atoms with Gasteiger partial charge in [0.1, 0.15) is 0 Å². The third-order valence-corrected chi connectivity index (χ3v) is 1.83. The maximum Gasteiger partial charge on any atom is 0.303 e. The van der Waals surface area contributed by atoms with Crippen molar-refractivity contribution in [2.75, 3.05) is 28.2 Å². The number of nitrogens with zero attached hydrogens (tertiary/aromatic N) is 2. The first-order valence-corrected chi connectivity index (χ1v) is 6.41. The smallest absolute Gasteiger partial charge is 0.303 e. The van der Waals surface area contributed by atoms with Crippen LogP contribution in [0.2, 0.25) is 0 Å². The van der Waals surface area contributed by atoms with Crippen molar-refractivity contribution in [1.82, 2.24) is 20.9 Å². The maximum absolute atomic E-state index is 10.7. The number of carboxylic acid groups (broad SMARTS) is 2. The molecule has 0 radical (unpaired) electrons. The first kappa shape index (κ1) is 22.1. The number of amides is 2. The highest BCUT2D eigenvalue weighted by molar-refractivity contribution is 5.80. The van der Waals surface area contributed by atoms with Gasteiger partial charge in [0.25, 0.3) is 0 Å². The molecular weight excluding hydrogens is 296 g/mol. The molecule has 0 heterocycles. The molecule has 4 N–H and O–H groups in total. The lowest BCUT2D eigenvalue weighted by Gasteiger charge is -2.10. The van der Waals surface area contributed by atoms with Gasteiger partial charge in [-0.3, -0.25) is 30.0 Å². The number of hydrogen-bond acceptors (Lipinski definition) is 6. The predicted molar refractivity (Wildman–Crippen MR) is 77.4 cm³/mol. The summed E-state index contributed by atoms with van der Waals surface area (Å²) in [5.41, 5.74) is 4.86. The normalized spacial score (nSPS) is 9.73. The summed E-state index contributed by atoms with van der Waals surface area (Å²) in [5, 5.41) is 19.4. The molecule has 0 saturated heterocycles. The zero-order valence-electron chi connectivity index (χ0n) is 13.3. The summed E-state index contributed by atoms with van der Waals surface area (Å²) < 4.78 is 0. The standard InChI is InChI=1S/2C6H12N2O3/c2*1-8(2)7-5(9)3-4-6(10)11/h2*3-4H2,1-2H3,(H,7,9)(H,10,11). The number of aliphatic carboxylic acids is 2. The fraction of sp³-hybridized carbons (Fsp3) is 0.667. The molecule has 2 amide bonds. The highest BCUT2D eigenvalue weighted by atomic mass is 16.4. The molecule has 0 aromatic rings. The summed E-state index contributed by atoms with van der Waals surface area (Å²) in [5.74, 6) is -2.48. The Kier molecular flexibility index (Phi) is 12.6. The topological polar surface area (TPSA) is 139 Å². The second-order valence-corrected chi connectivity index (χ2v) is 4.65. The van der Waals surface area contributed by atoms with Crippen molar-refractivity contribution in [2.45, 2.75) is 25.7 Å². The molecule has 0 spiro atoms. The van der Waals surface area contributed by atoms with Crippen LogP contribution < -0.4 is 10.9 Å². The van der Waals surface area contributed by atoms with Crippen molar-refractivity contribution in [1.29, 1.82) is 0 Å². The molecule has 0 aliphatic carbocycles. The van der Waals surface area contributed by atoms with Gasteiger partial charge < -0.3 is 10.2 Å². The van der Waals surface area contributed by atoms with Crippen LogP contribution >= 0.6 is 0 Å². The van der Waals surface area contributed by atoms with Crippen molar-refractivity contribution in [2.24, 2.45) is 0 Å². The van der Waals surface area contributed by atoms with Crippen LogP contribution in [0.3, 0.4) is 0 Å². The first-order chi connectivity index (χ1) is 10.0. The zero-order chi connectivity index (χ0) is 17.7. The van der Waals surface area contributed by atoms with Gasteiger partial charge in [0, 0.05) is 41.0 Å². The lowest BCUT2D eigenvalue weighted by atomic mass is 10.3.